The number of aldehydes is 1. The number of carbonyl (C=O) groups excluding carboxylic acids is 1. The normalized spacial score (nSPS) is 14.6. The predicted molar refractivity (Wildman–Crippen MR) is 94.1 cm³/mol. The summed E-state index contributed by atoms with van der Waals surface area (Å²) in [6, 6.07) is 12.2. The minimum Gasteiger partial charge on any atom is -0.488 e. The molecular formula is C20H18ClFO2. The first-order valence-corrected chi connectivity index (χ1v) is 8.41. The summed E-state index contributed by atoms with van der Waals surface area (Å²) < 4.78 is 19.4. The van der Waals surface area contributed by atoms with Crippen LogP contribution in [0, 0.1) is 5.82 Å². The summed E-state index contributed by atoms with van der Waals surface area (Å²) in [5, 5.41) is 0.728. The third-order valence-electron chi connectivity index (χ3n) is 4.31. The highest BCUT2D eigenvalue weighted by molar-refractivity contribution is 6.32. The number of halogens is 2. The van der Waals surface area contributed by atoms with Crippen LogP contribution in [-0.4, -0.2) is 12.9 Å². The fraction of sp³-hybridized carbons (Fsp3) is 0.250. The maximum Gasteiger partial charge on any atom is 0.156 e. The Bertz CT molecular complexity index is 783. The average molecular weight is 345 g/mol. The van der Waals surface area contributed by atoms with E-state index in [1.807, 2.05) is 24.3 Å². The van der Waals surface area contributed by atoms with E-state index in [0.717, 1.165) is 41.8 Å². The van der Waals surface area contributed by atoms with Crippen LogP contribution in [0.15, 0.2) is 48.0 Å². The lowest BCUT2D eigenvalue weighted by Crippen LogP contribution is -2.09. The fourth-order valence-electron chi connectivity index (χ4n) is 3.08. The van der Waals surface area contributed by atoms with Crippen molar-refractivity contribution in [3.05, 3.63) is 70.0 Å². The molecule has 0 saturated heterocycles. The van der Waals surface area contributed by atoms with Gasteiger partial charge < -0.3 is 4.74 Å². The molecule has 0 atom stereocenters. The van der Waals surface area contributed by atoms with Crippen molar-refractivity contribution in [2.75, 3.05) is 6.61 Å². The number of carbonyl (C=O) groups is 1. The summed E-state index contributed by atoms with van der Waals surface area (Å²) in [6.45, 7) is 0.338. The Morgan fingerprint density at radius 1 is 1.08 bits per heavy atom. The van der Waals surface area contributed by atoms with Gasteiger partial charge in [0.05, 0.1) is 5.56 Å². The Morgan fingerprint density at radius 2 is 1.88 bits per heavy atom. The first kappa shape index (κ1) is 16.7. The molecule has 0 bridgehead atoms. The van der Waals surface area contributed by atoms with E-state index in [1.54, 1.807) is 12.1 Å². The highest BCUT2D eigenvalue weighted by Gasteiger charge is 2.18. The zero-order valence-corrected chi connectivity index (χ0v) is 14.0. The number of allylic oxidation sites excluding steroid dienone is 1. The van der Waals surface area contributed by atoms with Gasteiger partial charge in [-0.3, -0.25) is 4.79 Å². The van der Waals surface area contributed by atoms with E-state index >= 15 is 0 Å². The Labute approximate surface area is 145 Å². The largest absolute Gasteiger partial charge is 0.488 e. The van der Waals surface area contributed by atoms with Crippen molar-refractivity contribution in [2.45, 2.75) is 25.7 Å². The zero-order valence-electron chi connectivity index (χ0n) is 13.2. The molecule has 0 aromatic heterocycles. The summed E-state index contributed by atoms with van der Waals surface area (Å²) in [6.07, 6.45) is 4.58. The maximum absolute atomic E-state index is 13.7. The number of ether oxygens (including phenoxy) is 1. The van der Waals surface area contributed by atoms with Crippen LogP contribution in [0.25, 0.3) is 5.57 Å². The van der Waals surface area contributed by atoms with Crippen LogP contribution < -0.4 is 4.74 Å². The molecule has 0 aliphatic heterocycles. The number of hydrogen-bond donors (Lipinski definition) is 0. The molecule has 0 spiro atoms. The molecule has 0 radical (unpaired) electrons. The average Bonchev–Trinajstić information content (AvgIpc) is 2.61. The Kier molecular flexibility index (Phi) is 5.31. The highest BCUT2D eigenvalue weighted by atomic mass is 35.5. The molecule has 124 valence electrons. The third kappa shape index (κ3) is 3.51. The van der Waals surface area contributed by atoms with Crippen molar-refractivity contribution >= 4 is 23.5 Å². The predicted octanol–water partition coefficient (Wildman–Crippen LogP) is 5.70. The standard InChI is InChI=1S/C20H18ClFO2/c21-18-9-4-3-8-16(18)15-7-2-1-6-14(15)13-24-20-11-5-10-19(22)17(20)12-23/h3-5,8-12H,1-2,6-7,13H2. The monoisotopic (exact) mass is 344 g/mol. The highest BCUT2D eigenvalue weighted by Crippen LogP contribution is 2.36. The fourth-order valence-corrected chi connectivity index (χ4v) is 3.33. The number of benzene rings is 2. The van der Waals surface area contributed by atoms with Crippen molar-refractivity contribution < 1.29 is 13.9 Å². The van der Waals surface area contributed by atoms with Gasteiger partial charge in [-0.15, -0.1) is 0 Å². The summed E-state index contributed by atoms with van der Waals surface area (Å²) in [4.78, 5) is 11.1. The van der Waals surface area contributed by atoms with Gasteiger partial charge in [0.1, 0.15) is 18.2 Å². The van der Waals surface area contributed by atoms with Gasteiger partial charge in [0.15, 0.2) is 6.29 Å². The molecule has 0 saturated carbocycles. The molecule has 1 aliphatic rings. The summed E-state index contributed by atoms with van der Waals surface area (Å²) in [5.41, 5.74) is 3.37. The molecule has 4 heteroatoms. The molecule has 24 heavy (non-hydrogen) atoms. The number of rotatable bonds is 5. The first-order valence-electron chi connectivity index (χ1n) is 8.03. The first-order chi connectivity index (χ1) is 11.7. The van der Waals surface area contributed by atoms with Crippen LogP contribution in [0.4, 0.5) is 4.39 Å². The molecule has 2 aromatic rings. The topological polar surface area (TPSA) is 26.3 Å². The molecule has 1 aliphatic carbocycles. The molecule has 0 heterocycles. The second-order valence-corrected chi connectivity index (χ2v) is 6.23. The zero-order chi connectivity index (χ0) is 16.9. The van der Waals surface area contributed by atoms with Gasteiger partial charge in [0, 0.05) is 5.02 Å². The van der Waals surface area contributed by atoms with Gasteiger partial charge in [0.25, 0.3) is 0 Å². The van der Waals surface area contributed by atoms with E-state index in [-0.39, 0.29) is 11.3 Å². The van der Waals surface area contributed by atoms with E-state index in [4.69, 9.17) is 16.3 Å². The number of hydrogen-bond acceptors (Lipinski definition) is 2. The molecule has 0 N–H and O–H groups in total. The van der Waals surface area contributed by atoms with E-state index in [2.05, 4.69) is 0 Å². The molecular weight excluding hydrogens is 327 g/mol. The quantitative estimate of drug-likeness (QED) is 0.650. The summed E-state index contributed by atoms with van der Waals surface area (Å²) >= 11 is 6.34. The van der Waals surface area contributed by atoms with E-state index in [1.165, 1.54) is 11.6 Å². The van der Waals surface area contributed by atoms with E-state index in [0.29, 0.717) is 12.9 Å². The van der Waals surface area contributed by atoms with Crippen LogP contribution in [0.1, 0.15) is 41.6 Å². The van der Waals surface area contributed by atoms with Crippen molar-refractivity contribution in [1.29, 1.82) is 0 Å². The third-order valence-corrected chi connectivity index (χ3v) is 4.64. The second kappa shape index (κ2) is 7.63. The van der Waals surface area contributed by atoms with Gasteiger partial charge >= 0.3 is 0 Å². The van der Waals surface area contributed by atoms with Crippen LogP contribution in [0.3, 0.4) is 0 Å². The molecule has 3 rings (SSSR count). The minimum absolute atomic E-state index is 0.0341. The summed E-state index contributed by atoms with van der Waals surface area (Å²) in [7, 11) is 0. The van der Waals surface area contributed by atoms with Crippen LogP contribution in [0.5, 0.6) is 5.75 Å². The lowest BCUT2D eigenvalue weighted by molar-refractivity contribution is 0.111. The summed E-state index contributed by atoms with van der Waals surface area (Å²) in [5.74, 6) is -0.284. The van der Waals surface area contributed by atoms with Crippen molar-refractivity contribution in [3.63, 3.8) is 0 Å². The van der Waals surface area contributed by atoms with E-state index in [9.17, 15) is 9.18 Å². The van der Waals surface area contributed by atoms with E-state index < -0.39 is 5.82 Å². The van der Waals surface area contributed by atoms with Crippen LogP contribution in [-0.2, 0) is 0 Å². The lowest BCUT2D eigenvalue weighted by atomic mass is 9.87. The van der Waals surface area contributed by atoms with Gasteiger partial charge in [-0.2, -0.15) is 0 Å². The Balaban J connectivity index is 1.88. The smallest absolute Gasteiger partial charge is 0.156 e. The lowest BCUT2D eigenvalue weighted by Gasteiger charge is -2.22. The van der Waals surface area contributed by atoms with Crippen LogP contribution >= 0.6 is 11.6 Å². The molecule has 0 fully saturated rings. The van der Waals surface area contributed by atoms with Gasteiger partial charge in [0.2, 0.25) is 0 Å². The van der Waals surface area contributed by atoms with Gasteiger partial charge in [-0.25, -0.2) is 4.39 Å². The second-order valence-electron chi connectivity index (χ2n) is 5.83. The van der Waals surface area contributed by atoms with Crippen molar-refractivity contribution in [2.24, 2.45) is 0 Å². The van der Waals surface area contributed by atoms with Gasteiger partial charge in [-0.05, 0) is 60.6 Å². The molecule has 2 nitrogen and oxygen atoms in total. The van der Waals surface area contributed by atoms with Crippen molar-refractivity contribution in [3.8, 4) is 5.75 Å². The molecule has 0 amide bonds. The van der Waals surface area contributed by atoms with Crippen LogP contribution in [0.2, 0.25) is 5.02 Å². The SMILES string of the molecule is O=Cc1c(F)cccc1OCC1=C(c2ccccc2Cl)CCCC1. The Morgan fingerprint density at radius 3 is 2.67 bits per heavy atom. The minimum atomic E-state index is -0.563. The Hall–Kier alpha value is -2.13. The molecule has 2 aromatic carbocycles. The van der Waals surface area contributed by atoms with Gasteiger partial charge in [-0.1, -0.05) is 35.9 Å². The maximum atomic E-state index is 13.7. The van der Waals surface area contributed by atoms with Crippen molar-refractivity contribution in [1.82, 2.24) is 0 Å². The molecule has 0 unspecified atom stereocenters.